The molecular formula is C17H30N6O. The highest BCUT2D eigenvalue weighted by Crippen LogP contribution is 2.24. The lowest BCUT2D eigenvalue weighted by Gasteiger charge is -2.37. The minimum atomic E-state index is -0.0288. The number of anilines is 1. The summed E-state index contributed by atoms with van der Waals surface area (Å²) in [5, 5.41) is 7.34. The molecule has 2 aliphatic rings. The van der Waals surface area contributed by atoms with E-state index in [1.807, 2.05) is 35.9 Å². The lowest BCUT2D eigenvalue weighted by atomic mass is 10.2. The highest BCUT2D eigenvalue weighted by atomic mass is 16.2. The van der Waals surface area contributed by atoms with E-state index in [4.69, 9.17) is 0 Å². The van der Waals surface area contributed by atoms with Gasteiger partial charge in [0.1, 0.15) is 0 Å². The lowest BCUT2D eigenvalue weighted by Crippen LogP contribution is -2.52. The Hall–Kier alpha value is -1.60. The molecule has 0 unspecified atom stereocenters. The molecule has 3 rings (SSSR count). The largest absolute Gasteiger partial charge is 0.323 e. The first-order valence-electron chi connectivity index (χ1n) is 9.10. The number of nitrogens with one attached hydrogen (secondary N) is 1. The molecule has 2 heterocycles. The first-order chi connectivity index (χ1) is 11.6. The number of hydrogen-bond donors (Lipinski definition) is 1. The third-order valence-corrected chi connectivity index (χ3v) is 5.09. The number of likely N-dealkylation sites (N-methyl/N-ethyl adjacent to an activating group) is 1. The summed E-state index contributed by atoms with van der Waals surface area (Å²) in [5.41, 5.74) is 0. The van der Waals surface area contributed by atoms with E-state index in [2.05, 4.69) is 20.2 Å². The Kier molecular flexibility index (Phi) is 5.73. The minimum Gasteiger partial charge on any atom is -0.322 e. The van der Waals surface area contributed by atoms with Gasteiger partial charge in [-0.15, -0.1) is 0 Å². The molecule has 134 valence electrons. The van der Waals surface area contributed by atoms with Crippen LogP contribution in [0, 0.1) is 0 Å². The molecule has 1 aliphatic carbocycles. The van der Waals surface area contributed by atoms with Crippen LogP contribution in [0.25, 0.3) is 0 Å². The molecule has 24 heavy (non-hydrogen) atoms. The summed E-state index contributed by atoms with van der Waals surface area (Å²) in [4.78, 5) is 19.0. The van der Waals surface area contributed by atoms with E-state index in [9.17, 15) is 4.79 Å². The Morgan fingerprint density at radius 3 is 2.62 bits per heavy atom. The summed E-state index contributed by atoms with van der Waals surface area (Å²) in [6.45, 7) is 5.36. The zero-order valence-corrected chi connectivity index (χ0v) is 14.9. The number of nitrogens with zero attached hydrogens (tertiary/aromatic N) is 5. The van der Waals surface area contributed by atoms with E-state index in [0.717, 1.165) is 45.3 Å². The monoisotopic (exact) mass is 334 g/mol. The molecule has 0 radical (unpaired) electrons. The van der Waals surface area contributed by atoms with Crippen LogP contribution < -0.4 is 5.32 Å². The maximum absolute atomic E-state index is 12.4. The van der Waals surface area contributed by atoms with Crippen LogP contribution in [0.3, 0.4) is 0 Å². The third-order valence-electron chi connectivity index (χ3n) is 5.09. The van der Waals surface area contributed by atoms with Gasteiger partial charge in [-0.05, 0) is 26.9 Å². The predicted octanol–water partition coefficient (Wildman–Crippen LogP) is 1.54. The van der Waals surface area contributed by atoms with Crippen molar-refractivity contribution in [1.82, 2.24) is 24.5 Å². The van der Waals surface area contributed by atoms with Gasteiger partial charge in [0, 0.05) is 51.0 Å². The van der Waals surface area contributed by atoms with E-state index in [1.54, 1.807) is 0 Å². The predicted molar refractivity (Wildman–Crippen MR) is 95.2 cm³/mol. The van der Waals surface area contributed by atoms with Gasteiger partial charge in [-0.2, -0.15) is 5.10 Å². The highest BCUT2D eigenvalue weighted by Gasteiger charge is 2.27. The Morgan fingerprint density at radius 2 is 1.96 bits per heavy atom. The van der Waals surface area contributed by atoms with Gasteiger partial charge in [0.05, 0.1) is 6.54 Å². The van der Waals surface area contributed by atoms with Crippen LogP contribution >= 0.6 is 0 Å². The molecule has 1 aromatic heterocycles. The van der Waals surface area contributed by atoms with Gasteiger partial charge in [0.25, 0.3) is 0 Å². The lowest BCUT2D eigenvalue weighted by molar-refractivity contribution is 0.115. The van der Waals surface area contributed by atoms with Gasteiger partial charge >= 0.3 is 6.03 Å². The van der Waals surface area contributed by atoms with Crippen molar-refractivity contribution < 1.29 is 4.79 Å². The molecule has 0 aromatic carbocycles. The summed E-state index contributed by atoms with van der Waals surface area (Å²) in [7, 11) is 4.08. The second-order valence-electron chi connectivity index (χ2n) is 7.16. The second-order valence-corrected chi connectivity index (χ2v) is 7.16. The van der Waals surface area contributed by atoms with Crippen LogP contribution in [0.1, 0.15) is 25.7 Å². The van der Waals surface area contributed by atoms with Gasteiger partial charge in [0.15, 0.2) is 5.82 Å². The SMILES string of the molecule is CN(C)CCn1ccc(NC(=O)N2CCN(C3CCCC3)CC2)n1. The van der Waals surface area contributed by atoms with Crippen molar-refractivity contribution in [3.8, 4) is 0 Å². The summed E-state index contributed by atoms with van der Waals surface area (Å²) < 4.78 is 1.87. The van der Waals surface area contributed by atoms with E-state index < -0.39 is 0 Å². The van der Waals surface area contributed by atoms with Crippen molar-refractivity contribution in [2.24, 2.45) is 0 Å². The molecule has 1 aromatic rings. The van der Waals surface area contributed by atoms with Gasteiger partial charge in [-0.25, -0.2) is 4.79 Å². The molecule has 2 fully saturated rings. The number of amides is 2. The van der Waals surface area contributed by atoms with Gasteiger partial charge in [-0.1, -0.05) is 12.8 Å². The molecule has 0 bridgehead atoms. The highest BCUT2D eigenvalue weighted by molar-refractivity contribution is 5.88. The molecule has 1 saturated heterocycles. The number of aromatic nitrogens is 2. The number of rotatable bonds is 5. The summed E-state index contributed by atoms with van der Waals surface area (Å²) in [6.07, 6.45) is 7.30. The van der Waals surface area contributed by atoms with Gasteiger partial charge in [-0.3, -0.25) is 14.9 Å². The first-order valence-corrected chi connectivity index (χ1v) is 9.10. The molecule has 1 aliphatic heterocycles. The van der Waals surface area contributed by atoms with Crippen molar-refractivity contribution in [2.75, 3.05) is 52.1 Å². The summed E-state index contributed by atoms with van der Waals surface area (Å²) >= 11 is 0. The number of urea groups is 1. The molecule has 7 nitrogen and oxygen atoms in total. The third kappa shape index (κ3) is 4.48. The smallest absolute Gasteiger partial charge is 0.322 e. The van der Waals surface area contributed by atoms with Crippen LogP contribution in [0.15, 0.2) is 12.3 Å². The topological polar surface area (TPSA) is 56.6 Å². The van der Waals surface area contributed by atoms with Crippen LogP contribution in [-0.4, -0.2) is 83.4 Å². The van der Waals surface area contributed by atoms with E-state index >= 15 is 0 Å². The molecule has 2 amide bonds. The summed E-state index contributed by atoms with van der Waals surface area (Å²) in [5.74, 6) is 0.636. The fourth-order valence-corrected chi connectivity index (χ4v) is 3.60. The minimum absolute atomic E-state index is 0.0288. The van der Waals surface area contributed by atoms with E-state index in [0.29, 0.717) is 5.82 Å². The quantitative estimate of drug-likeness (QED) is 0.887. The maximum atomic E-state index is 12.4. The fraction of sp³-hybridized carbons (Fsp3) is 0.765. The molecule has 0 atom stereocenters. The fourth-order valence-electron chi connectivity index (χ4n) is 3.60. The molecule has 1 saturated carbocycles. The Labute approximate surface area is 144 Å². The van der Waals surface area contributed by atoms with Crippen LogP contribution in [0.5, 0.6) is 0 Å². The van der Waals surface area contributed by atoms with Crippen molar-refractivity contribution in [1.29, 1.82) is 0 Å². The molecule has 0 spiro atoms. The van der Waals surface area contributed by atoms with E-state index in [1.165, 1.54) is 25.7 Å². The maximum Gasteiger partial charge on any atom is 0.323 e. The van der Waals surface area contributed by atoms with Crippen molar-refractivity contribution in [2.45, 2.75) is 38.3 Å². The normalized spacial score (nSPS) is 20.0. The molecule has 1 N–H and O–H groups in total. The standard InChI is InChI=1S/C17H30N6O/c1-20(2)9-14-23-8-7-16(19-23)18-17(24)22-12-10-21(11-13-22)15-5-3-4-6-15/h7-8,15H,3-6,9-14H2,1-2H3,(H,18,19,24). The second kappa shape index (κ2) is 7.98. The van der Waals surface area contributed by atoms with Crippen LogP contribution in [0.4, 0.5) is 10.6 Å². The number of carbonyl (C=O) groups is 1. The van der Waals surface area contributed by atoms with Crippen molar-refractivity contribution >= 4 is 11.8 Å². The number of hydrogen-bond acceptors (Lipinski definition) is 4. The van der Waals surface area contributed by atoms with E-state index in [-0.39, 0.29) is 6.03 Å². The average Bonchev–Trinajstić information content (AvgIpc) is 3.25. The van der Waals surface area contributed by atoms with Gasteiger partial charge < -0.3 is 9.80 Å². The number of piperazine rings is 1. The Bertz CT molecular complexity index is 529. The van der Waals surface area contributed by atoms with Crippen molar-refractivity contribution in [3.05, 3.63) is 12.3 Å². The van der Waals surface area contributed by atoms with Crippen molar-refractivity contribution in [3.63, 3.8) is 0 Å². The molecular weight excluding hydrogens is 304 g/mol. The zero-order chi connectivity index (χ0) is 16.9. The first kappa shape index (κ1) is 17.2. The van der Waals surface area contributed by atoms with Gasteiger partial charge in [0.2, 0.25) is 0 Å². The average molecular weight is 334 g/mol. The molecule has 7 heteroatoms. The number of carbonyl (C=O) groups excluding carboxylic acids is 1. The Morgan fingerprint density at radius 1 is 1.25 bits per heavy atom. The van der Waals surface area contributed by atoms with Crippen LogP contribution in [-0.2, 0) is 6.54 Å². The summed E-state index contributed by atoms with van der Waals surface area (Å²) in [6, 6.07) is 2.59. The Balaban J connectivity index is 1.44. The van der Waals surface area contributed by atoms with Crippen LogP contribution in [0.2, 0.25) is 0 Å². The zero-order valence-electron chi connectivity index (χ0n) is 14.9.